The van der Waals surface area contributed by atoms with Crippen LogP contribution < -0.4 is 5.46 Å². The zero-order valence-corrected chi connectivity index (χ0v) is 18.2. The first-order chi connectivity index (χ1) is 13.5. The fraction of sp³-hybridized carbons (Fsp3) is 0.550. The zero-order chi connectivity index (χ0) is 21.4. The number of halogens is 1. The van der Waals surface area contributed by atoms with Crippen molar-refractivity contribution in [3.05, 3.63) is 40.9 Å². The van der Waals surface area contributed by atoms with E-state index in [1.54, 1.807) is 0 Å². The van der Waals surface area contributed by atoms with Crippen molar-refractivity contribution < 1.29 is 19.2 Å². The summed E-state index contributed by atoms with van der Waals surface area (Å²) in [6.45, 7) is 9.87. The lowest BCUT2D eigenvalue weighted by molar-refractivity contribution is -0.141. The number of benzene rings is 1. The molecule has 2 aromatic rings. The van der Waals surface area contributed by atoms with Gasteiger partial charge < -0.3 is 14.4 Å². The van der Waals surface area contributed by atoms with Gasteiger partial charge in [-0.25, -0.2) is 14.5 Å². The first-order valence-electron chi connectivity index (χ1n) is 9.81. The minimum atomic E-state index is -0.912. The summed E-state index contributed by atoms with van der Waals surface area (Å²) < 4.78 is 13.6. The Balaban J connectivity index is 1.66. The predicted molar refractivity (Wildman–Crippen MR) is 112 cm³/mol. The van der Waals surface area contributed by atoms with Crippen molar-refractivity contribution in [1.82, 2.24) is 14.8 Å². The van der Waals surface area contributed by atoms with Crippen LogP contribution in [0.5, 0.6) is 0 Å². The molecule has 1 aliphatic rings. The molecule has 3 rings (SSSR count). The molecule has 0 bridgehead atoms. The van der Waals surface area contributed by atoms with Crippen LogP contribution in [0.3, 0.4) is 0 Å². The van der Waals surface area contributed by atoms with Crippen LogP contribution in [0.25, 0.3) is 0 Å². The fourth-order valence-corrected chi connectivity index (χ4v) is 3.47. The third kappa shape index (κ3) is 4.49. The van der Waals surface area contributed by atoms with E-state index < -0.39 is 30.3 Å². The van der Waals surface area contributed by atoms with Crippen molar-refractivity contribution in [3.63, 3.8) is 0 Å². The van der Waals surface area contributed by atoms with Crippen molar-refractivity contribution in [2.45, 2.75) is 71.1 Å². The molecule has 9 heteroatoms. The molecule has 0 radical (unpaired) electrons. The van der Waals surface area contributed by atoms with E-state index in [4.69, 9.17) is 20.9 Å². The molecule has 1 atom stereocenters. The highest BCUT2D eigenvalue weighted by molar-refractivity contribution is 6.62. The summed E-state index contributed by atoms with van der Waals surface area (Å²) in [5.41, 5.74) is 1.04. The third-order valence-electron chi connectivity index (χ3n) is 5.77. The van der Waals surface area contributed by atoms with Gasteiger partial charge in [0.2, 0.25) is 0 Å². The molecule has 156 valence electrons. The average molecular weight is 420 g/mol. The highest BCUT2D eigenvalue weighted by Gasteiger charge is 2.51. The van der Waals surface area contributed by atoms with E-state index >= 15 is 0 Å². The van der Waals surface area contributed by atoms with Crippen molar-refractivity contribution in [1.29, 1.82) is 0 Å². The lowest BCUT2D eigenvalue weighted by atomic mass is 9.78. The maximum Gasteiger partial charge on any atom is 0.494 e. The zero-order valence-electron chi connectivity index (χ0n) is 17.5. The summed E-state index contributed by atoms with van der Waals surface area (Å²) in [5, 5.41) is 14.2. The Morgan fingerprint density at radius 1 is 1.24 bits per heavy atom. The molecule has 1 unspecified atom stereocenters. The van der Waals surface area contributed by atoms with Crippen LogP contribution >= 0.6 is 11.6 Å². The molecule has 7 nitrogen and oxygen atoms in total. The summed E-state index contributed by atoms with van der Waals surface area (Å²) in [6.07, 6.45) is 3.14. The number of carbonyl (C=O) groups is 1. The van der Waals surface area contributed by atoms with Gasteiger partial charge in [-0.05, 0) is 57.6 Å². The van der Waals surface area contributed by atoms with E-state index in [9.17, 15) is 9.90 Å². The minimum Gasteiger partial charge on any atom is -0.480 e. The summed E-state index contributed by atoms with van der Waals surface area (Å²) in [5.74, 6) is -0.318. The second kappa shape index (κ2) is 8.09. The summed E-state index contributed by atoms with van der Waals surface area (Å²) in [7, 11) is -0.453. The van der Waals surface area contributed by atoms with Gasteiger partial charge >= 0.3 is 13.1 Å². The van der Waals surface area contributed by atoms with Gasteiger partial charge in [-0.3, -0.25) is 0 Å². The molecule has 0 amide bonds. The number of nitrogens with zero attached hydrogens (tertiary/aromatic N) is 3. The Hall–Kier alpha value is -1.90. The van der Waals surface area contributed by atoms with Crippen LogP contribution in [0.2, 0.25) is 5.02 Å². The summed E-state index contributed by atoms with van der Waals surface area (Å²) in [4.78, 5) is 15.5. The average Bonchev–Trinajstić information content (AvgIpc) is 3.16. The Labute approximate surface area is 176 Å². The van der Waals surface area contributed by atoms with E-state index in [0.29, 0.717) is 30.1 Å². The Morgan fingerprint density at radius 2 is 1.90 bits per heavy atom. The third-order valence-corrected chi connectivity index (χ3v) is 6.12. The SMILES string of the molecule is CCC(C(=O)O)n1cnc(CCc2ccc(B3OC(C)(C)C(C)(C)O3)cc2Cl)n1. The maximum atomic E-state index is 11.3. The Kier molecular flexibility index (Phi) is 6.08. The van der Waals surface area contributed by atoms with Crippen molar-refractivity contribution in [2.24, 2.45) is 0 Å². The van der Waals surface area contributed by atoms with Crippen LogP contribution in [0, 0.1) is 0 Å². The fourth-order valence-electron chi connectivity index (χ4n) is 3.19. The van der Waals surface area contributed by atoms with Crippen LogP contribution in [0.1, 0.15) is 58.5 Å². The van der Waals surface area contributed by atoms with Crippen molar-refractivity contribution in [2.75, 3.05) is 0 Å². The van der Waals surface area contributed by atoms with Gasteiger partial charge in [0.1, 0.15) is 6.33 Å². The topological polar surface area (TPSA) is 86.5 Å². The van der Waals surface area contributed by atoms with Gasteiger partial charge in [-0.1, -0.05) is 30.7 Å². The summed E-state index contributed by atoms with van der Waals surface area (Å²) in [6, 6.07) is 5.11. The molecule has 1 N–H and O–H groups in total. The van der Waals surface area contributed by atoms with Gasteiger partial charge in [0.25, 0.3) is 0 Å². The van der Waals surface area contributed by atoms with Gasteiger partial charge in [-0.2, -0.15) is 5.10 Å². The van der Waals surface area contributed by atoms with E-state index in [1.807, 2.05) is 52.8 Å². The molecule has 2 heterocycles. The number of hydrogen-bond acceptors (Lipinski definition) is 5. The Morgan fingerprint density at radius 3 is 2.45 bits per heavy atom. The molecule has 0 aliphatic carbocycles. The van der Waals surface area contributed by atoms with Gasteiger partial charge in [0.15, 0.2) is 11.9 Å². The minimum absolute atomic E-state index is 0.403. The molecule has 29 heavy (non-hydrogen) atoms. The predicted octanol–water partition coefficient (Wildman–Crippen LogP) is 3.05. The van der Waals surface area contributed by atoms with Crippen LogP contribution in [0.15, 0.2) is 24.5 Å². The highest BCUT2D eigenvalue weighted by Crippen LogP contribution is 2.36. The van der Waals surface area contributed by atoms with E-state index in [0.717, 1.165) is 11.0 Å². The number of carboxylic acid groups (broad SMARTS) is 1. The van der Waals surface area contributed by atoms with Crippen LogP contribution in [-0.2, 0) is 26.9 Å². The molecular formula is C20H27BClN3O4. The Bertz CT molecular complexity index is 884. The smallest absolute Gasteiger partial charge is 0.480 e. The van der Waals surface area contributed by atoms with Gasteiger partial charge in [-0.15, -0.1) is 0 Å². The molecular weight excluding hydrogens is 393 g/mol. The molecule has 0 saturated carbocycles. The number of carboxylic acids is 1. The maximum absolute atomic E-state index is 11.3. The first kappa shape index (κ1) is 21.8. The normalized spacial score (nSPS) is 18.8. The van der Waals surface area contributed by atoms with Crippen LogP contribution in [-0.4, -0.2) is 44.2 Å². The van der Waals surface area contributed by atoms with Gasteiger partial charge in [0, 0.05) is 11.4 Å². The second-order valence-corrected chi connectivity index (χ2v) is 8.75. The molecule has 0 spiro atoms. The monoisotopic (exact) mass is 419 g/mol. The largest absolute Gasteiger partial charge is 0.494 e. The number of hydrogen-bond donors (Lipinski definition) is 1. The molecule has 1 aromatic heterocycles. The van der Waals surface area contributed by atoms with E-state index in [1.165, 1.54) is 11.0 Å². The van der Waals surface area contributed by atoms with Crippen molar-refractivity contribution >= 4 is 30.2 Å². The molecule has 1 aliphatic heterocycles. The van der Waals surface area contributed by atoms with Crippen LogP contribution in [0.4, 0.5) is 0 Å². The lowest BCUT2D eigenvalue weighted by Gasteiger charge is -2.32. The lowest BCUT2D eigenvalue weighted by Crippen LogP contribution is -2.41. The summed E-state index contributed by atoms with van der Waals surface area (Å²) >= 11 is 6.50. The quantitative estimate of drug-likeness (QED) is 0.694. The molecule has 1 aromatic carbocycles. The van der Waals surface area contributed by atoms with Crippen molar-refractivity contribution in [3.8, 4) is 0 Å². The highest BCUT2D eigenvalue weighted by atomic mass is 35.5. The first-order valence-corrected chi connectivity index (χ1v) is 10.2. The number of rotatable bonds is 7. The second-order valence-electron chi connectivity index (χ2n) is 8.34. The molecule has 1 saturated heterocycles. The molecule has 1 fully saturated rings. The number of aliphatic carboxylic acids is 1. The number of aryl methyl sites for hydroxylation is 2. The van der Waals surface area contributed by atoms with E-state index in [2.05, 4.69) is 10.1 Å². The number of aromatic nitrogens is 3. The van der Waals surface area contributed by atoms with Gasteiger partial charge in [0.05, 0.1) is 11.2 Å². The van der Waals surface area contributed by atoms with E-state index in [-0.39, 0.29) is 0 Å². The standard InChI is InChI=1S/C20H27BClN3O4/c1-6-16(18(26)27)25-12-23-17(24-25)10-8-13-7-9-14(11-15(13)22)21-28-19(2,3)20(4,5)29-21/h7,9,11-12,16H,6,8,10H2,1-5H3,(H,26,27).